The first-order valence-electron chi connectivity index (χ1n) is 11.5. The predicted octanol–water partition coefficient (Wildman–Crippen LogP) is 2.11. The van der Waals surface area contributed by atoms with Crippen LogP contribution < -0.4 is 5.32 Å². The van der Waals surface area contributed by atoms with Gasteiger partial charge in [0.2, 0.25) is 5.91 Å². The summed E-state index contributed by atoms with van der Waals surface area (Å²) in [6.07, 6.45) is 2.14. The lowest BCUT2D eigenvalue weighted by Gasteiger charge is -2.35. The van der Waals surface area contributed by atoms with Crippen molar-refractivity contribution in [1.29, 1.82) is 0 Å². The molecule has 0 spiro atoms. The zero-order chi connectivity index (χ0) is 24.7. The van der Waals surface area contributed by atoms with E-state index in [1.54, 1.807) is 35.8 Å². The number of fused-ring (bicyclic) bond motifs is 1. The third kappa shape index (κ3) is 6.73. The number of aryl methyl sites for hydroxylation is 1. The smallest absolute Gasteiger partial charge is 0.321 e. The molecule has 0 saturated carbocycles. The van der Waals surface area contributed by atoms with Gasteiger partial charge in [0.1, 0.15) is 5.82 Å². The van der Waals surface area contributed by atoms with Gasteiger partial charge in [0, 0.05) is 44.7 Å². The summed E-state index contributed by atoms with van der Waals surface area (Å²) in [5, 5.41) is 20.4. The first kappa shape index (κ1) is 25.6. The van der Waals surface area contributed by atoms with E-state index in [1.807, 2.05) is 6.92 Å². The Morgan fingerprint density at radius 2 is 2.24 bits per heavy atom. The summed E-state index contributed by atoms with van der Waals surface area (Å²) < 4.78 is 21.4. The number of rotatable bonds is 5. The van der Waals surface area contributed by atoms with E-state index >= 15 is 0 Å². The number of nitrogens with zero attached hydrogens (tertiary/aromatic N) is 5. The standard InChI is InChI=1S/C23H33FN6O4/c1-16-12-29(17(2)14-31)22(32)8-5-9-30-20(11-25-27-30)15-34-21(16)13-28(3)23(33)26-19-7-4-6-18(24)10-19/h4,6-7,10-11,16-17,21,31H,5,8-9,12-15H2,1-3H3,(H,26,33)/t16-,17+,21+/m0/s1. The van der Waals surface area contributed by atoms with Crippen LogP contribution in [0.1, 0.15) is 32.4 Å². The van der Waals surface area contributed by atoms with Gasteiger partial charge in [-0.1, -0.05) is 18.2 Å². The number of ether oxygens (including phenoxy) is 1. The molecule has 0 fully saturated rings. The topological polar surface area (TPSA) is 113 Å². The highest BCUT2D eigenvalue weighted by Crippen LogP contribution is 2.19. The van der Waals surface area contributed by atoms with E-state index < -0.39 is 18.0 Å². The van der Waals surface area contributed by atoms with Crippen LogP contribution in [0.2, 0.25) is 0 Å². The number of halogens is 1. The number of likely N-dealkylation sites (N-methyl/N-ethyl adjacent to an activating group) is 1. The van der Waals surface area contributed by atoms with Gasteiger partial charge in [-0.05, 0) is 31.5 Å². The van der Waals surface area contributed by atoms with Crippen LogP contribution >= 0.6 is 0 Å². The van der Waals surface area contributed by atoms with Crippen molar-refractivity contribution < 1.29 is 23.8 Å². The van der Waals surface area contributed by atoms with Gasteiger partial charge in [-0.25, -0.2) is 13.9 Å². The van der Waals surface area contributed by atoms with Gasteiger partial charge in [-0.2, -0.15) is 0 Å². The molecule has 11 heteroatoms. The molecule has 2 heterocycles. The van der Waals surface area contributed by atoms with Crippen LogP contribution in [0.3, 0.4) is 0 Å². The molecular formula is C23H33FN6O4. The molecule has 10 nitrogen and oxygen atoms in total. The van der Waals surface area contributed by atoms with Gasteiger partial charge in [0.25, 0.3) is 0 Å². The molecule has 1 aromatic heterocycles. The van der Waals surface area contributed by atoms with Crippen molar-refractivity contribution in [3.8, 4) is 0 Å². The molecule has 0 bridgehead atoms. The number of hydrogen-bond acceptors (Lipinski definition) is 6. The number of carbonyl (C=O) groups excluding carboxylic acids is 2. The second kappa shape index (κ2) is 11.9. The van der Waals surface area contributed by atoms with Crippen molar-refractivity contribution >= 4 is 17.6 Å². The van der Waals surface area contributed by atoms with Crippen LogP contribution in [0.4, 0.5) is 14.9 Å². The van der Waals surface area contributed by atoms with Crippen LogP contribution in [-0.4, -0.2) is 80.7 Å². The van der Waals surface area contributed by atoms with Gasteiger partial charge in [0.15, 0.2) is 0 Å². The van der Waals surface area contributed by atoms with Gasteiger partial charge in [0.05, 0.1) is 37.3 Å². The van der Waals surface area contributed by atoms with Crippen molar-refractivity contribution in [3.05, 3.63) is 42.0 Å². The number of anilines is 1. The quantitative estimate of drug-likeness (QED) is 0.684. The van der Waals surface area contributed by atoms with E-state index in [-0.39, 0.29) is 37.6 Å². The summed E-state index contributed by atoms with van der Waals surface area (Å²) in [5.41, 5.74) is 1.14. The minimum absolute atomic E-state index is 0.0495. The van der Waals surface area contributed by atoms with Crippen molar-refractivity contribution in [2.75, 3.05) is 32.1 Å². The van der Waals surface area contributed by atoms with Crippen LogP contribution in [0.25, 0.3) is 0 Å². The Balaban J connectivity index is 1.76. The number of aliphatic hydroxyl groups is 1. The Kier molecular flexibility index (Phi) is 8.94. The molecular weight excluding hydrogens is 443 g/mol. The Hall–Kier alpha value is -3.05. The van der Waals surface area contributed by atoms with E-state index in [0.29, 0.717) is 31.6 Å². The molecule has 0 radical (unpaired) electrons. The Morgan fingerprint density at radius 3 is 2.97 bits per heavy atom. The number of carbonyl (C=O) groups is 2. The average Bonchev–Trinajstić information content (AvgIpc) is 3.25. The third-order valence-electron chi connectivity index (χ3n) is 6.02. The number of aromatic nitrogens is 3. The molecule has 186 valence electrons. The first-order chi connectivity index (χ1) is 16.3. The maximum absolute atomic E-state index is 13.5. The fourth-order valence-electron chi connectivity index (χ4n) is 3.88. The summed E-state index contributed by atoms with van der Waals surface area (Å²) in [5.74, 6) is -0.637. The van der Waals surface area contributed by atoms with Crippen molar-refractivity contribution in [3.63, 3.8) is 0 Å². The number of benzene rings is 1. The molecule has 1 aromatic carbocycles. The largest absolute Gasteiger partial charge is 0.394 e. The van der Waals surface area contributed by atoms with Gasteiger partial charge >= 0.3 is 6.03 Å². The highest BCUT2D eigenvalue weighted by atomic mass is 19.1. The van der Waals surface area contributed by atoms with Crippen LogP contribution in [-0.2, 0) is 22.7 Å². The predicted molar refractivity (Wildman–Crippen MR) is 123 cm³/mol. The molecule has 1 aliphatic rings. The minimum Gasteiger partial charge on any atom is -0.394 e. The van der Waals surface area contributed by atoms with E-state index in [9.17, 15) is 19.1 Å². The van der Waals surface area contributed by atoms with Gasteiger partial charge < -0.3 is 25.0 Å². The van der Waals surface area contributed by atoms with E-state index in [4.69, 9.17) is 4.74 Å². The molecule has 3 rings (SSSR count). The SMILES string of the molecule is C[C@H](CO)N1C[C@H](C)[C@@H](CN(C)C(=O)Nc2cccc(F)c2)OCc2cnnn2CCCC1=O. The zero-order valence-corrected chi connectivity index (χ0v) is 19.9. The molecule has 2 aromatic rings. The number of amides is 3. The molecule has 3 atom stereocenters. The van der Waals surface area contributed by atoms with E-state index in [0.717, 1.165) is 5.69 Å². The monoisotopic (exact) mass is 476 g/mol. The minimum atomic E-state index is -0.440. The third-order valence-corrected chi connectivity index (χ3v) is 6.02. The average molecular weight is 477 g/mol. The lowest BCUT2D eigenvalue weighted by atomic mass is 10.0. The molecule has 3 amide bonds. The van der Waals surface area contributed by atoms with E-state index in [2.05, 4.69) is 15.6 Å². The zero-order valence-electron chi connectivity index (χ0n) is 19.9. The molecule has 0 saturated heterocycles. The number of urea groups is 1. The second-order valence-corrected chi connectivity index (χ2v) is 8.78. The summed E-state index contributed by atoms with van der Waals surface area (Å²) in [6.45, 7) is 5.01. The Morgan fingerprint density at radius 1 is 1.44 bits per heavy atom. The van der Waals surface area contributed by atoms with Gasteiger partial charge in [-0.3, -0.25) is 4.79 Å². The molecule has 34 heavy (non-hydrogen) atoms. The summed E-state index contributed by atoms with van der Waals surface area (Å²) in [7, 11) is 1.63. The van der Waals surface area contributed by atoms with Gasteiger partial charge in [-0.15, -0.1) is 5.10 Å². The van der Waals surface area contributed by atoms with Crippen LogP contribution in [0.5, 0.6) is 0 Å². The normalized spacial score (nSPS) is 20.6. The fraction of sp³-hybridized carbons (Fsp3) is 0.565. The Labute approximate surface area is 198 Å². The molecule has 0 aliphatic carbocycles. The molecule has 0 unspecified atom stereocenters. The number of aliphatic hydroxyl groups excluding tert-OH is 1. The van der Waals surface area contributed by atoms with Crippen molar-refractivity contribution in [1.82, 2.24) is 24.8 Å². The summed E-state index contributed by atoms with van der Waals surface area (Å²) >= 11 is 0. The van der Waals surface area contributed by atoms with Crippen LogP contribution in [0, 0.1) is 11.7 Å². The lowest BCUT2D eigenvalue weighted by molar-refractivity contribution is -0.136. The fourth-order valence-corrected chi connectivity index (χ4v) is 3.88. The summed E-state index contributed by atoms with van der Waals surface area (Å²) in [4.78, 5) is 28.8. The van der Waals surface area contributed by atoms with Crippen LogP contribution in [0.15, 0.2) is 30.5 Å². The number of nitrogens with one attached hydrogen (secondary N) is 1. The highest BCUT2D eigenvalue weighted by Gasteiger charge is 2.29. The van der Waals surface area contributed by atoms with Crippen molar-refractivity contribution in [2.45, 2.75) is 52.0 Å². The highest BCUT2D eigenvalue weighted by molar-refractivity contribution is 5.89. The maximum Gasteiger partial charge on any atom is 0.321 e. The maximum atomic E-state index is 13.5. The van der Waals surface area contributed by atoms with E-state index in [1.165, 1.54) is 23.1 Å². The lowest BCUT2D eigenvalue weighted by Crippen LogP contribution is -2.48. The molecule has 1 aliphatic heterocycles. The number of hydrogen-bond donors (Lipinski definition) is 2. The van der Waals surface area contributed by atoms with Crippen molar-refractivity contribution in [2.24, 2.45) is 5.92 Å². The Bertz CT molecular complexity index is 970. The summed E-state index contributed by atoms with van der Waals surface area (Å²) in [6, 6.07) is 4.94. The molecule has 2 N–H and O–H groups in total. The first-order valence-corrected chi connectivity index (χ1v) is 11.5. The second-order valence-electron chi connectivity index (χ2n) is 8.78.